The van der Waals surface area contributed by atoms with Crippen LogP contribution in [0.1, 0.15) is 34.3 Å². The Morgan fingerprint density at radius 1 is 0.914 bits per heavy atom. The summed E-state index contributed by atoms with van der Waals surface area (Å²) in [5.74, 6) is -0.0518. The van der Waals surface area contributed by atoms with Crippen LogP contribution in [0.5, 0.6) is 11.5 Å². The van der Waals surface area contributed by atoms with Crippen molar-refractivity contribution in [2.75, 3.05) is 6.61 Å². The van der Waals surface area contributed by atoms with Crippen LogP contribution in [0.15, 0.2) is 91.1 Å². The van der Waals surface area contributed by atoms with Crippen molar-refractivity contribution >= 4 is 28.8 Å². The summed E-state index contributed by atoms with van der Waals surface area (Å²) >= 11 is 1.11. The summed E-state index contributed by atoms with van der Waals surface area (Å²) in [6.45, 7) is 8.58. The third-order valence-corrected chi connectivity index (χ3v) is 6.45. The largest absolute Gasteiger partial charge is 0.482 e. The molecule has 4 rings (SSSR count). The predicted octanol–water partition coefficient (Wildman–Crippen LogP) is 5.91. The molecular formula is C28H22O6S. The quantitative estimate of drug-likeness (QED) is 0.129. The molecule has 1 unspecified atom stereocenters. The molecule has 6 nitrogen and oxygen atoms in total. The van der Waals surface area contributed by atoms with Gasteiger partial charge in [0.25, 0.3) is 0 Å². The molecule has 1 aliphatic carbocycles. The first-order chi connectivity index (χ1) is 16.9. The monoisotopic (exact) mass is 486 g/mol. The van der Waals surface area contributed by atoms with Gasteiger partial charge in [-0.05, 0) is 82.5 Å². The van der Waals surface area contributed by atoms with E-state index in [0.717, 1.165) is 51.2 Å². The lowest BCUT2D eigenvalue weighted by molar-refractivity contribution is -0.140. The minimum absolute atomic E-state index is 0.0558. The van der Waals surface area contributed by atoms with Crippen molar-refractivity contribution in [2.45, 2.75) is 17.7 Å². The molecule has 0 saturated heterocycles. The fourth-order valence-electron chi connectivity index (χ4n) is 3.86. The van der Waals surface area contributed by atoms with Crippen LogP contribution in [0.4, 0.5) is 0 Å². The highest BCUT2D eigenvalue weighted by Gasteiger charge is 2.27. The van der Waals surface area contributed by atoms with Gasteiger partial charge in [-0.15, -0.1) is 0 Å². The summed E-state index contributed by atoms with van der Waals surface area (Å²) in [6, 6.07) is 18.1. The summed E-state index contributed by atoms with van der Waals surface area (Å²) in [5, 5.41) is -0.0865. The van der Waals surface area contributed by atoms with Gasteiger partial charge in [0.05, 0.1) is 6.26 Å². The van der Waals surface area contributed by atoms with E-state index in [2.05, 4.69) is 24.8 Å². The van der Waals surface area contributed by atoms with E-state index in [4.69, 9.17) is 9.47 Å². The predicted molar refractivity (Wildman–Crippen MR) is 134 cm³/mol. The normalized spacial score (nSPS) is 13.2. The Bertz CT molecular complexity index is 1330. The molecule has 7 heteroatoms. The van der Waals surface area contributed by atoms with Crippen molar-refractivity contribution in [1.82, 2.24) is 0 Å². The molecule has 35 heavy (non-hydrogen) atoms. The van der Waals surface area contributed by atoms with Crippen molar-refractivity contribution in [3.05, 3.63) is 103 Å². The van der Waals surface area contributed by atoms with E-state index in [9.17, 15) is 14.4 Å². The van der Waals surface area contributed by atoms with Crippen LogP contribution in [0.3, 0.4) is 0 Å². The highest BCUT2D eigenvalue weighted by molar-refractivity contribution is 8.14. The average molecular weight is 487 g/mol. The summed E-state index contributed by atoms with van der Waals surface area (Å²) in [6.07, 6.45) is 2.16. The van der Waals surface area contributed by atoms with Crippen LogP contribution < -0.4 is 9.47 Å². The first-order valence-corrected chi connectivity index (χ1v) is 11.6. The molecule has 3 aromatic rings. The third-order valence-electron chi connectivity index (χ3n) is 5.52. The van der Waals surface area contributed by atoms with E-state index < -0.39 is 11.9 Å². The van der Waals surface area contributed by atoms with Crippen molar-refractivity contribution in [3.63, 3.8) is 0 Å². The van der Waals surface area contributed by atoms with Gasteiger partial charge in [-0.2, -0.15) is 0 Å². The zero-order valence-electron chi connectivity index (χ0n) is 19.0. The highest BCUT2D eigenvalue weighted by Crippen LogP contribution is 2.46. The Kier molecular flexibility index (Phi) is 7.17. The number of carbonyl (C=O) groups is 3. The van der Waals surface area contributed by atoms with E-state index in [1.54, 1.807) is 24.3 Å². The van der Waals surface area contributed by atoms with E-state index in [0.29, 0.717) is 17.1 Å². The van der Waals surface area contributed by atoms with Gasteiger partial charge in [-0.3, -0.25) is 4.79 Å². The summed E-state index contributed by atoms with van der Waals surface area (Å²) in [4.78, 5) is 36.5. The highest BCUT2D eigenvalue weighted by atomic mass is 32.2. The third kappa shape index (κ3) is 5.36. The fraction of sp³-hybridized carbons (Fsp3) is 0.107. The van der Waals surface area contributed by atoms with Gasteiger partial charge >= 0.3 is 11.9 Å². The maximum atomic E-state index is 13.0. The molecule has 0 spiro atoms. The lowest BCUT2D eigenvalue weighted by Gasteiger charge is -2.10. The number of hydrogen-bond donors (Lipinski definition) is 0. The molecule has 0 bridgehead atoms. The Hall–Kier alpha value is -4.10. The van der Waals surface area contributed by atoms with Crippen LogP contribution in [-0.4, -0.2) is 23.7 Å². The smallest absolute Gasteiger partial charge is 0.348 e. The van der Waals surface area contributed by atoms with Crippen molar-refractivity contribution < 1.29 is 28.6 Å². The molecule has 1 atom stereocenters. The molecule has 0 radical (unpaired) electrons. The molecule has 3 aromatic carbocycles. The number of thioether (sulfide) groups is 1. The molecule has 0 amide bonds. The number of benzene rings is 3. The molecular weight excluding hydrogens is 464 g/mol. The van der Waals surface area contributed by atoms with Crippen LogP contribution in [0, 0.1) is 0 Å². The van der Waals surface area contributed by atoms with Gasteiger partial charge in [0.15, 0.2) is 6.61 Å². The van der Waals surface area contributed by atoms with Crippen molar-refractivity contribution in [3.8, 4) is 22.6 Å². The lowest BCUT2D eigenvalue weighted by Crippen LogP contribution is -2.12. The summed E-state index contributed by atoms with van der Waals surface area (Å²) in [5.41, 5.74) is 4.86. The first kappa shape index (κ1) is 24.0. The van der Waals surface area contributed by atoms with Gasteiger partial charge < -0.3 is 14.2 Å². The maximum Gasteiger partial charge on any atom is 0.348 e. The van der Waals surface area contributed by atoms with Crippen molar-refractivity contribution in [1.29, 1.82) is 0 Å². The molecule has 0 aromatic heterocycles. The Labute approximate surface area is 207 Å². The zero-order valence-corrected chi connectivity index (χ0v) is 19.8. The number of hydrogen-bond acceptors (Lipinski definition) is 7. The summed E-state index contributed by atoms with van der Waals surface area (Å²) < 4.78 is 15.3. The molecule has 0 fully saturated rings. The van der Waals surface area contributed by atoms with Gasteiger partial charge in [-0.1, -0.05) is 32.2 Å². The number of fused-ring (bicyclic) bond motifs is 3. The van der Waals surface area contributed by atoms with Gasteiger partial charge in [0.1, 0.15) is 11.5 Å². The molecule has 0 N–H and O–H groups in total. The molecule has 0 aliphatic heterocycles. The number of ether oxygens (including phenoxy) is 3. The average Bonchev–Trinajstić information content (AvgIpc) is 3.14. The Morgan fingerprint density at radius 3 is 2.26 bits per heavy atom. The lowest BCUT2D eigenvalue weighted by atomic mass is 9.98. The van der Waals surface area contributed by atoms with Crippen LogP contribution in [0.2, 0.25) is 0 Å². The topological polar surface area (TPSA) is 78.9 Å². The van der Waals surface area contributed by atoms with Gasteiger partial charge in [0.2, 0.25) is 5.12 Å². The molecule has 1 aliphatic rings. The van der Waals surface area contributed by atoms with E-state index in [1.165, 1.54) is 0 Å². The van der Waals surface area contributed by atoms with Crippen LogP contribution >= 0.6 is 11.8 Å². The Morgan fingerprint density at radius 2 is 1.57 bits per heavy atom. The second kappa shape index (κ2) is 10.4. The van der Waals surface area contributed by atoms with Crippen LogP contribution in [0.25, 0.3) is 11.1 Å². The van der Waals surface area contributed by atoms with E-state index >= 15 is 0 Å². The summed E-state index contributed by atoms with van der Waals surface area (Å²) in [7, 11) is 0. The van der Waals surface area contributed by atoms with E-state index in [1.807, 2.05) is 36.4 Å². The van der Waals surface area contributed by atoms with Gasteiger partial charge in [0, 0.05) is 22.5 Å². The second-order valence-corrected chi connectivity index (χ2v) is 8.75. The van der Waals surface area contributed by atoms with Crippen molar-refractivity contribution in [2.24, 2.45) is 0 Å². The zero-order chi connectivity index (χ0) is 24.9. The molecule has 176 valence electrons. The first-order valence-electron chi connectivity index (χ1n) is 10.8. The molecule has 0 saturated carbocycles. The number of carbonyl (C=O) groups excluding carboxylic acids is 3. The van der Waals surface area contributed by atoms with Crippen LogP contribution in [-0.2, 0) is 14.3 Å². The minimum Gasteiger partial charge on any atom is -0.482 e. The fourth-order valence-corrected chi connectivity index (χ4v) is 4.59. The SMILES string of the molecule is C=COC(=O)COc1ccc2c(c1)C(C)c1cc(C(=O)Sc3ccc(OC(=O)C=C)cc3)ccc1-2. The number of esters is 2. The Balaban J connectivity index is 1.47. The van der Waals surface area contributed by atoms with Gasteiger partial charge in [-0.25, -0.2) is 9.59 Å². The molecule has 0 heterocycles. The standard InChI is InChI=1S/C28H22O6S/c1-4-26(29)34-19-7-10-21(11-8-19)35-28(31)18-6-12-22-23-13-9-20(33-16-27(30)32-5-2)15-25(23)17(3)24(22)14-18/h4-15,17H,1-2,16H2,3H3. The second-order valence-electron chi connectivity index (χ2n) is 7.70. The maximum absolute atomic E-state index is 13.0. The number of rotatable bonds is 8. The van der Waals surface area contributed by atoms with E-state index in [-0.39, 0.29) is 17.6 Å². The minimum atomic E-state index is -0.538.